The van der Waals surface area contributed by atoms with E-state index in [1.807, 2.05) is 18.3 Å². The van der Waals surface area contributed by atoms with Gasteiger partial charge in [-0.05, 0) is 48.7 Å². The van der Waals surface area contributed by atoms with Crippen LogP contribution in [0.25, 0.3) is 10.9 Å². The van der Waals surface area contributed by atoms with Crippen LogP contribution >= 0.6 is 0 Å². The molecule has 0 fully saturated rings. The number of ether oxygens (including phenoxy) is 1. The van der Waals surface area contributed by atoms with E-state index in [-0.39, 0.29) is 0 Å². The van der Waals surface area contributed by atoms with E-state index in [1.54, 1.807) is 7.11 Å². The number of nitrogens with zero attached hydrogens (tertiary/aromatic N) is 2. The summed E-state index contributed by atoms with van der Waals surface area (Å²) in [4.78, 5) is 6.88. The summed E-state index contributed by atoms with van der Waals surface area (Å²) in [7, 11) is 1.72. The van der Waals surface area contributed by atoms with E-state index in [4.69, 9.17) is 4.74 Å². The van der Waals surface area contributed by atoms with Gasteiger partial charge in [0.25, 0.3) is 0 Å². The number of pyridine rings is 1. The number of methoxy groups -OCH3 is 1. The van der Waals surface area contributed by atoms with Crippen LogP contribution in [-0.2, 0) is 6.42 Å². The molecular formula is C19H18N2O. The van der Waals surface area contributed by atoms with Crippen molar-refractivity contribution in [2.45, 2.75) is 12.8 Å². The van der Waals surface area contributed by atoms with Crippen LogP contribution in [0.1, 0.15) is 12.0 Å². The average Bonchev–Trinajstić information content (AvgIpc) is 2.60. The summed E-state index contributed by atoms with van der Waals surface area (Å²) in [5.74, 6) is 0.931. The van der Waals surface area contributed by atoms with Crippen LogP contribution < -0.4 is 9.64 Å². The normalized spacial score (nSPS) is 14.0. The van der Waals surface area contributed by atoms with Crippen LogP contribution in [0.15, 0.2) is 54.7 Å². The van der Waals surface area contributed by atoms with Gasteiger partial charge < -0.3 is 9.64 Å². The quantitative estimate of drug-likeness (QED) is 0.702. The second-order valence-corrected chi connectivity index (χ2v) is 5.60. The second-order valence-electron chi connectivity index (χ2n) is 5.60. The number of rotatable bonds is 2. The molecule has 0 saturated heterocycles. The first-order chi connectivity index (χ1) is 10.9. The van der Waals surface area contributed by atoms with Crippen molar-refractivity contribution >= 4 is 22.3 Å². The number of aryl methyl sites for hydroxylation is 1. The van der Waals surface area contributed by atoms with Crippen LogP contribution in [0, 0.1) is 0 Å². The summed E-state index contributed by atoms with van der Waals surface area (Å²) in [6.07, 6.45) is 4.15. The zero-order valence-electron chi connectivity index (χ0n) is 12.6. The molecule has 3 aromatic rings. The topological polar surface area (TPSA) is 25.4 Å². The van der Waals surface area contributed by atoms with Gasteiger partial charge in [-0.15, -0.1) is 0 Å². The largest absolute Gasteiger partial charge is 0.497 e. The number of hydrogen-bond acceptors (Lipinski definition) is 3. The number of fused-ring (bicyclic) bond motifs is 2. The fourth-order valence-electron chi connectivity index (χ4n) is 3.27. The lowest BCUT2D eigenvalue weighted by Crippen LogP contribution is -2.24. The van der Waals surface area contributed by atoms with Gasteiger partial charge in [0.1, 0.15) is 5.75 Å². The predicted octanol–water partition coefficient (Wildman–Crippen LogP) is 4.33. The number of hydrogen-bond donors (Lipinski definition) is 0. The fraction of sp³-hybridized carbons (Fsp3) is 0.211. The molecule has 0 bridgehead atoms. The van der Waals surface area contributed by atoms with Crippen molar-refractivity contribution in [3.05, 3.63) is 60.3 Å². The van der Waals surface area contributed by atoms with E-state index in [2.05, 4.69) is 46.3 Å². The Kier molecular flexibility index (Phi) is 3.19. The molecule has 0 radical (unpaired) electrons. The molecule has 1 aliphatic rings. The molecule has 110 valence electrons. The third-order valence-electron chi connectivity index (χ3n) is 4.32. The van der Waals surface area contributed by atoms with Gasteiger partial charge >= 0.3 is 0 Å². The molecule has 0 spiro atoms. The smallest absolute Gasteiger partial charge is 0.119 e. The number of aromatic nitrogens is 1. The molecule has 4 rings (SSSR count). The Hall–Kier alpha value is -2.55. The van der Waals surface area contributed by atoms with Crippen LogP contribution in [0.2, 0.25) is 0 Å². The highest BCUT2D eigenvalue weighted by molar-refractivity contribution is 5.94. The zero-order valence-corrected chi connectivity index (χ0v) is 12.6. The highest BCUT2D eigenvalue weighted by atomic mass is 16.5. The molecule has 3 heteroatoms. The molecule has 0 unspecified atom stereocenters. The van der Waals surface area contributed by atoms with E-state index < -0.39 is 0 Å². The Morgan fingerprint density at radius 3 is 2.86 bits per heavy atom. The third kappa shape index (κ3) is 2.10. The Morgan fingerprint density at radius 1 is 1.05 bits per heavy atom. The molecule has 2 heterocycles. The number of para-hydroxylation sites is 1. The number of anilines is 2. The molecule has 1 aromatic heterocycles. The first kappa shape index (κ1) is 13.1. The minimum Gasteiger partial charge on any atom is -0.497 e. The van der Waals surface area contributed by atoms with Gasteiger partial charge in [0, 0.05) is 23.8 Å². The summed E-state index contributed by atoms with van der Waals surface area (Å²) in [6.45, 7) is 1.04. The second kappa shape index (κ2) is 5.34. The molecule has 22 heavy (non-hydrogen) atoms. The van der Waals surface area contributed by atoms with E-state index in [1.165, 1.54) is 22.3 Å². The highest BCUT2D eigenvalue weighted by Crippen LogP contribution is 2.38. The average molecular weight is 290 g/mol. The predicted molar refractivity (Wildman–Crippen MR) is 90.1 cm³/mol. The van der Waals surface area contributed by atoms with Crippen LogP contribution in [-0.4, -0.2) is 18.6 Å². The molecule has 0 aliphatic carbocycles. The SMILES string of the molecule is COc1ccc2c(c1)CCCN2c1ccnc2ccccc12. The van der Waals surface area contributed by atoms with Crippen LogP contribution in [0.3, 0.4) is 0 Å². The van der Waals surface area contributed by atoms with Crippen molar-refractivity contribution in [1.29, 1.82) is 0 Å². The van der Waals surface area contributed by atoms with Gasteiger partial charge in [-0.25, -0.2) is 0 Å². The fourth-order valence-corrected chi connectivity index (χ4v) is 3.27. The monoisotopic (exact) mass is 290 g/mol. The third-order valence-corrected chi connectivity index (χ3v) is 4.32. The van der Waals surface area contributed by atoms with Gasteiger partial charge in [0.2, 0.25) is 0 Å². The minimum atomic E-state index is 0.931. The van der Waals surface area contributed by atoms with Crippen molar-refractivity contribution in [1.82, 2.24) is 4.98 Å². The standard InChI is InChI=1S/C19H18N2O/c1-22-15-8-9-18-14(13-15)5-4-12-21(18)19-10-11-20-17-7-3-2-6-16(17)19/h2-3,6-11,13H,4-5,12H2,1H3. The molecule has 0 amide bonds. The summed E-state index contributed by atoms with van der Waals surface area (Å²) in [5.41, 5.74) is 4.91. The first-order valence-electron chi connectivity index (χ1n) is 7.65. The summed E-state index contributed by atoms with van der Waals surface area (Å²) >= 11 is 0. The summed E-state index contributed by atoms with van der Waals surface area (Å²) in [5, 5.41) is 1.20. The minimum absolute atomic E-state index is 0.931. The summed E-state index contributed by atoms with van der Waals surface area (Å²) < 4.78 is 5.36. The Morgan fingerprint density at radius 2 is 1.95 bits per heavy atom. The number of benzene rings is 2. The van der Waals surface area contributed by atoms with Crippen molar-refractivity contribution < 1.29 is 4.74 Å². The zero-order chi connectivity index (χ0) is 14.9. The van der Waals surface area contributed by atoms with E-state index >= 15 is 0 Å². The first-order valence-corrected chi connectivity index (χ1v) is 7.65. The Balaban J connectivity index is 1.87. The van der Waals surface area contributed by atoms with Crippen molar-refractivity contribution in [3.63, 3.8) is 0 Å². The van der Waals surface area contributed by atoms with Gasteiger partial charge in [-0.1, -0.05) is 18.2 Å². The Bertz CT molecular complexity index is 823. The van der Waals surface area contributed by atoms with Crippen molar-refractivity contribution in [3.8, 4) is 5.75 Å². The van der Waals surface area contributed by atoms with Gasteiger partial charge in [0.15, 0.2) is 0 Å². The van der Waals surface area contributed by atoms with Gasteiger partial charge in [0.05, 0.1) is 18.3 Å². The maximum atomic E-state index is 5.36. The molecule has 1 aliphatic heterocycles. The molecule has 3 nitrogen and oxygen atoms in total. The van der Waals surface area contributed by atoms with Crippen LogP contribution in [0.5, 0.6) is 5.75 Å². The molecule has 0 saturated carbocycles. The molecule has 0 N–H and O–H groups in total. The van der Waals surface area contributed by atoms with Gasteiger partial charge in [-0.3, -0.25) is 4.98 Å². The maximum absolute atomic E-state index is 5.36. The van der Waals surface area contributed by atoms with E-state index in [9.17, 15) is 0 Å². The maximum Gasteiger partial charge on any atom is 0.119 e. The lowest BCUT2D eigenvalue weighted by atomic mass is 10.00. The molecule has 0 atom stereocenters. The van der Waals surface area contributed by atoms with Crippen LogP contribution in [0.4, 0.5) is 11.4 Å². The van der Waals surface area contributed by atoms with Crippen molar-refractivity contribution in [2.24, 2.45) is 0 Å². The Labute approximate surface area is 130 Å². The van der Waals surface area contributed by atoms with Crippen molar-refractivity contribution in [2.75, 3.05) is 18.6 Å². The van der Waals surface area contributed by atoms with Gasteiger partial charge in [-0.2, -0.15) is 0 Å². The lowest BCUT2D eigenvalue weighted by molar-refractivity contribution is 0.414. The van der Waals surface area contributed by atoms with E-state index in [0.29, 0.717) is 0 Å². The lowest BCUT2D eigenvalue weighted by Gasteiger charge is -2.32. The molecule has 2 aromatic carbocycles. The highest BCUT2D eigenvalue weighted by Gasteiger charge is 2.20. The molecular weight excluding hydrogens is 272 g/mol. The van der Waals surface area contributed by atoms with E-state index in [0.717, 1.165) is 30.7 Å². The summed E-state index contributed by atoms with van der Waals surface area (Å²) in [6, 6.07) is 16.8.